The lowest BCUT2D eigenvalue weighted by Crippen LogP contribution is -1.98. The van der Waals surface area contributed by atoms with Gasteiger partial charge in [-0.1, -0.05) is 24.3 Å². The van der Waals surface area contributed by atoms with Gasteiger partial charge in [0, 0.05) is 0 Å². The molecular weight excluding hydrogens is 124 g/mol. The van der Waals surface area contributed by atoms with Gasteiger partial charge in [0.05, 0.1) is 6.10 Å². The number of hydrogen-bond acceptors (Lipinski definition) is 1. The second kappa shape index (κ2) is 4.29. The molecule has 1 rings (SSSR count). The number of aliphatic hydroxyl groups excluding tert-OH is 1. The number of rotatable bonds is 0. The van der Waals surface area contributed by atoms with Crippen molar-refractivity contribution in [2.45, 2.75) is 31.8 Å². The molecule has 0 radical (unpaired) electrons. The van der Waals surface area contributed by atoms with Crippen LogP contribution in [0.15, 0.2) is 24.3 Å². The Bertz CT molecular complexity index is 136. The number of aliphatic hydroxyl groups is 1. The van der Waals surface area contributed by atoms with Crippen molar-refractivity contribution >= 4 is 0 Å². The van der Waals surface area contributed by atoms with Gasteiger partial charge in [-0.15, -0.1) is 0 Å². The van der Waals surface area contributed by atoms with E-state index in [4.69, 9.17) is 0 Å². The van der Waals surface area contributed by atoms with Crippen molar-refractivity contribution in [3.05, 3.63) is 24.3 Å². The molecule has 0 bridgehead atoms. The Morgan fingerprint density at radius 3 is 2.80 bits per heavy atom. The Balaban J connectivity index is 2.41. The summed E-state index contributed by atoms with van der Waals surface area (Å²) in [6, 6.07) is 0. The molecule has 1 aliphatic rings. The Morgan fingerprint density at radius 2 is 1.90 bits per heavy atom. The highest BCUT2D eigenvalue weighted by Crippen LogP contribution is 2.05. The molecule has 0 aromatic heterocycles. The molecule has 1 N–H and O–H groups in total. The molecule has 0 aliphatic heterocycles. The van der Waals surface area contributed by atoms with Crippen LogP contribution in [0.2, 0.25) is 0 Å². The van der Waals surface area contributed by atoms with Crippen LogP contribution in [0.3, 0.4) is 0 Å². The van der Waals surface area contributed by atoms with Crippen molar-refractivity contribution in [3.8, 4) is 0 Å². The SMILES string of the molecule is OC1/C=C\CCC/C=C\C1. The second-order valence-corrected chi connectivity index (χ2v) is 2.63. The number of hydrogen-bond donors (Lipinski definition) is 1. The van der Waals surface area contributed by atoms with Gasteiger partial charge in [0.25, 0.3) is 0 Å². The van der Waals surface area contributed by atoms with E-state index in [0.29, 0.717) is 0 Å². The van der Waals surface area contributed by atoms with Gasteiger partial charge < -0.3 is 5.11 Å². The van der Waals surface area contributed by atoms with E-state index in [9.17, 15) is 5.11 Å². The fourth-order valence-corrected chi connectivity index (χ4v) is 1.04. The molecule has 1 aliphatic carbocycles. The van der Waals surface area contributed by atoms with Crippen molar-refractivity contribution < 1.29 is 5.11 Å². The first-order valence-corrected chi connectivity index (χ1v) is 3.89. The van der Waals surface area contributed by atoms with Crippen LogP contribution in [0.1, 0.15) is 25.7 Å². The Morgan fingerprint density at radius 1 is 1.10 bits per heavy atom. The second-order valence-electron chi connectivity index (χ2n) is 2.63. The minimum absolute atomic E-state index is 0.255. The first-order valence-electron chi connectivity index (χ1n) is 3.89. The van der Waals surface area contributed by atoms with E-state index in [1.54, 1.807) is 0 Å². The average Bonchev–Trinajstić information content (AvgIpc) is 2.02. The fraction of sp³-hybridized carbons (Fsp3) is 0.556. The highest BCUT2D eigenvalue weighted by atomic mass is 16.3. The van der Waals surface area contributed by atoms with Crippen LogP contribution < -0.4 is 0 Å². The molecule has 1 nitrogen and oxygen atoms in total. The van der Waals surface area contributed by atoms with Crippen molar-refractivity contribution in [1.82, 2.24) is 0 Å². The average molecular weight is 138 g/mol. The molecule has 1 unspecified atom stereocenters. The minimum Gasteiger partial charge on any atom is -0.389 e. The molecule has 0 amide bonds. The standard InChI is InChI=1S/C9H14O/c10-9-7-5-3-1-2-4-6-8-9/h3,5-6,8-10H,1-2,4,7H2/b5-3-,8-6-. The summed E-state index contributed by atoms with van der Waals surface area (Å²) in [5.74, 6) is 0. The lowest BCUT2D eigenvalue weighted by molar-refractivity contribution is 0.226. The molecule has 0 heterocycles. The Kier molecular flexibility index (Phi) is 3.23. The lowest BCUT2D eigenvalue weighted by Gasteiger charge is -1.97. The van der Waals surface area contributed by atoms with E-state index in [0.717, 1.165) is 19.3 Å². The van der Waals surface area contributed by atoms with Crippen molar-refractivity contribution in [2.75, 3.05) is 0 Å². The molecule has 0 aromatic carbocycles. The molecule has 1 atom stereocenters. The van der Waals surface area contributed by atoms with Gasteiger partial charge in [0.1, 0.15) is 0 Å². The van der Waals surface area contributed by atoms with Gasteiger partial charge in [-0.05, 0) is 25.7 Å². The van der Waals surface area contributed by atoms with E-state index >= 15 is 0 Å². The van der Waals surface area contributed by atoms with Crippen LogP contribution in [0.4, 0.5) is 0 Å². The van der Waals surface area contributed by atoms with Gasteiger partial charge >= 0.3 is 0 Å². The van der Waals surface area contributed by atoms with E-state index in [1.165, 1.54) is 6.42 Å². The molecule has 0 spiro atoms. The molecule has 0 saturated carbocycles. The Labute approximate surface area is 62.1 Å². The van der Waals surface area contributed by atoms with Gasteiger partial charge in [-0.2, -0.15) is 0 Å². The van der Waals surface area contributed by atoms with E-state index in [-0.39, 0.29) is 6.10 Å². The summed E-state index contributed by atoms with van der Waals surface area (Å²) < 4.78 is 0. The third-order valence-corrected chi connectivity index (χ3v) is 1.64. The first kappa shape index (κ1) is 7.55. The molecule has 56 valence electrons. The molecule has 0 saturated heterocycles. The van der Waals surface area contributed by atoms with Gasteiger partial charge in [-0.3, -0.25) is 0 Å². The van der Waals surface area contributed by atoms with Gasteiger partial charge in [0.15, 0.2) is 0 Å². The summed E-state index contributed by atoms with van der Waals surface area (Å²) in [6.45, 7) is 0. The monoisotopic (exact) mass is 138 g/mol. The summed E-state index contributed by atoms with van der Waals surface area (Å²) in [5, 5.41) is 9.20. The normalized spacial score (nSPS) is 33.5. The zero-order chi connectivity index (χ0) is 7.23. The maximum absolute atomic E-state index is 9.20. The smallest absolute Gasteiger partial charge is 0.0755 e. The first-order chi connectivity index (χ1) is 4.89. The third kappa shape index (κ3) is 2.83. The van der Waals surface area contributed by atoms with Crippen molar-refractivity contribution in [1.29, 1.82) is 0 Å². The maximum atomic E-state index is 9.20. The molecule has 0 aromatic rings. The Hall–Kier alpha value is -0.560. The van der Waals surface area contributed by atoms with Gasteiger partial charge in [0.2, 0.25) is 0 Å². The minimum atomic E-state index is -0.255. The quantitative estimate of drug-likeness (QED) is 0.508. The van der Waals surface area contributed by atoms with Crippen LogP contribution in [-0.2, 0) is 0 Å². The van der Waals surface area contributed by atoms with E-state index < -0.39 is 0 Å². The predicted molar refractivity (Wildman–Crippen MR) is 42.8 cm³/mol. The van der Waals surface area contributed by atoms with Crippen LogP contribution in [0.25, 0.3) is 0 Å². The highest BCUT2D eigenvalue weighted by Gasteiger charge is 1.95. The van der Waals surface area contributed by atoms with Crippen molar-refractivity contribution in [3.63, 3.8) is 0 Å². The molecule has 0 fully saturated rings. The maximum Gasteiger partial charge on any atom is 0.0755 e. The third-order valence-electron chi connectivity index (χ3n) is 1.64. The topological polar surface area (TPSA) is 20.2 Å². The summed E-state index contributed by atoms with van der Waals surface area (Å²) in [4.78, 5) is 0. The summed E-state index contributed by atoms with van der Waals surface area (Å²) in [5.41, 5.74) is 0. The molecule has 1 heteroatoms. The van der Waals surface area contributed by atoms with Crippen LogP contribution >= 0.6 is 0 Å². The number of allylic oxidation sites excluding steroid dienone is 2. The molecule has 10 heavy (non-hydrogen) atoms. The van der Waals surface area contributed by atoms with E-state index in [1.807, 2.05) is 6.08 Å². The van der Waals surface area contributed by atoms with Crippen LogP contribution in [0, 0.1) is 0 Å². The summed E-state index contributed by atoms with van der Waals surface area (Å²) in [6.07, 6.45) is 12.1. The van der Waals surface area contributed by atoms with Crippen LogP contribution in [0.5, 0.6) is 0 Å². The summed E-state index contributed by atoms with van der Waals surface area (Å²) >= 11 is 0. The highest BCUT2D eigenvalue weighted by molar-refractivity contribution is 4.96. The zero-order valence-electron chi connectivity index (χ0n) is 6.16. The molecular formula is C9H14O. The zero-order valence-corrected chi connectivity index (χ0v) is 6.16. The van der Waals surface area contributed by atoms with Gasteiger partial charge in [-0.25, -0.2) is 0 Å². The predicted octanol–water partition coefficient (Wildman–Crippen LogP) is 2.03. The van der Waals surface area contributed by atoms with Crippen LogP contribution in [-0.4, -0.2) is 11.2 Å². The summed E-state index contributed by atoms with van der Waals surface area (Å²) in [7, 11) is 0. The lowest BCUT2D eigenvalue weighted by atomic mass is 10.2. The van der Waals surface area contributed by atoms with Crippen molar-refractivity contribution in [2.24, 2.45) is 0 Å². The van der Waals surface area contributed by atoms with E-state index in [2.05, 4.69) is 18.2 Å². The fourth-order valence-electron chi connectivity index (χ4n) is 1.04. The largest absolute Gasteiger partial charge is 0.389 e.